The minimum absolute atomic E-state index is 0.295. The molecule has 18 heavy (non-hydrogen) atoms. The van der Waals surface area contributed by atoms with Crippen molar-refractivity contribution in [2.24, 2.45) is 0 Å². The predicted molar refractivity (Wildman–Crippen MR) is 77.6 cm³/mol. The maximum Gasteiger partial charge on any atom is 0.164 e. The third-order valence-corrected chi connectivity index (χ3v) is 3.63. The zero-order valence-electron chi connectivity index (χ0n) is 9.75. The van der Waals surface area contributed by atoms with Crippen LogP contribution in [0, 0.1) is 15.2 Å². The summed E-state index contributed by atoms with van der Waals surface area (Å²) >= 11 is 2.20. The second-order valence-electron chi connectivity index (χ2n) is 3.99. The van der Waals surface area contributed by atoms with E-state index in [1.165, 1.54) is 6.07 Å². The highest BCUT2D eigenvalue weighted by atomic mass is 127. The average molecular weight is 359 g/mol. The Morgan fingerprint density at radius 2 is 1.78 bits per heavy atom. The lowest BCUT2D eigenvalue weighted by atomic mass is 10.1. The summed E-state index contributed by atoms with van der Waals surface area (Å²) in [4.78, 5) is 0. The van der Waals surface area contributed by atoms with Crippen LogP contribution in [0.2, 0.25) is 0 Å². The molecule has 2 aromatic rings. The fourth-order valence-corrected chi connectivity index (χ4v) is 2.29. The monoisotopic (exact) mass is 359 g/mol. The van der Waals surface area contributed by atoms with Gasteiger partial charge in [0.1, 0.15) is 0 Å². The second kappa shape index (κ2) is 5.65. The average Bonchev–Trinajstić information content (AvgIpc) is 2.35. The Kier molecular flexibility index (Phi) is 4.16. The second-order valence-corrected chi connectivity index (χ2v) is 5.15. The van der Waals surface area contributed by atoms with Crippen LogP contribution in [0.1, 0.15) is 18.5 Å². The molecule has 0 aliphatic heterocycles. The van der Waals surface area contributed by atoms with Crippen molar-refractivity contribution < 1.29 is 8.78 Å². The van der Waals surface area contributed by atoms with Crippen molar-refractivity contribution in [3.05, 3.63) is 63.2 Å². The minimum atomic E-state index is -0.816. The number of halogens is 3. The number of hydrogen-bond acceptors (Lipinski definition) is 1. The maximum atomic E-state index is 13.6. The van der Waals surface area contributed by atoms with Gasteiger partial charge in [0, 0.05) is 14.8 Å². The highest BCUT2D eigenvalue weighted by molar-refractivity contribution is 14.1. The summed E-state index contributed by atoms with van der Waals surface area (Å²) < 4.78 is 27.8. The van der Waals surface area contributed by atoms with Gasteiger partial charge < -0.3 is 5.32 Å². The first-order valence-electron chi connectivity index (χ1n) is 5.54. The molecule has 1 N–H and O–H groups in total. The Balaban J connectivity index is 2.25. The van der Waals surface area contributed by atoms with E-state index in [1.54, 1.807) is 13.0 Å². The summed E-state index contributed by atoms with van der Waals surface area (Å²) in [6.07, 6.45) is 0. The van der Waals surface area contributed by atoms with Gasteiger partial charge in [0.15, 0.2) is 11.6 Å². The summed E-state index contributed by atoms with van der Waals surface area (Å²) in [5.74, 6) is -1.60. The Morgan fingerprint density at radius 1 is 1.06 bits per heavy atom. The molecule has 0 aliphatic rings. The van der Waals surface area contributed by atoms with Gasteiger partial charge in [-0.15, -0.1) is 0 Å². The predicted octanol–water partition coefficient (Wildman–Crippen LogP) is 4.74. The number of para-hydroxylation sites is 1. The van der Waals surface area contributed by atoms with Crippen LogP contribution in [0.4, 0.5) is 14.5 Å². The summed E-state index contributed by atoms with van der Waals surface area (Å²) in [6.45, 7) is 1.81. The quantitative estimate of drug-likeness (QED) is 0.781. The van der Waals surface area contributed by atoms with Crippen molar-refractivity contribution in [3.8, 4) is 0 Å². The van der Waals surface area contributed by atoms with Gasteiger partial charge >= 0.3 is 0 Å². The summed E-state index contributed by atoms with van der Waals surface area (Å²) in [5.41, 5.74) is 1.24. The van der Waals surface area contributed by atoms with Crippen LogP contribution in [0.3, 0.4) is 0 Å². The van der Waals surface area contributed by atoms with Crippen LogP contribution in [0.5, 0.6) is 0 Å². The summed E-state index contributed by atoms with van der Waals surface area (Å²) in [6, 6.07) is 11.6. The van der Waals surface area contributed by atoms with Crippen LogP contribution in [0.25, 0.3) is 0 Å². The summed E-state index contributed by atoms with van der Waals surface area (Å²) in [5, 5.41) is 3.18. The normalized spacial score (nSPS) is 12.2. The number of rotatable bonds is 3. The van der Waals surface area contributed by atoms with Crippen molar-refractivity contribution in [3.63, 3.8) is 0 Å². The molecule has 94 valence electrons. The maximum absolute atomic E-state index is 13.6. The molecular weight excluding hydrogens is 347 g/mol. The molecule has 1 unspecified atom stereocenters. The lowest BCUT2D eigenvalue weighted by Crippen LogP contribution is -2.10. The van der Waals surface area contributed by atoms with Crippen molar-refractivity contribution in [2.45, 2.75) is 13.0 Å². The molecule has 2 rings (SSSR count). The third-order valence-electron chi connectivity index (χ3n) is 2.69. The van der Waals surface area contributed by atoms with Gasteiger partial charge in [0.05, 0.1) is 6.04 Å². The van der Waals surface area contributed by atoms with E-state index in [4.69, 9.17) is 0 Å². The van der Waals surface area contributed by atoms with Crippen LogP contribution in [-0.4, -0.2) is 0 Å². The Bertz CT molecular complexity index is 557. The Hall–Kier alpha value is -1.17. The molecule has 1 nitrogen and oxygen atoms in total. The molecular formula is C14H12F2IN. The smallest absolute Gasteiger partial charge is 0.164 e. The number of nitrogens with one attached hydrogen (secondary N) is 1. The zero-order chi connectivity index (χ0) is 13.1. The van der Waals surface area contributed by atoms with Crippen LogP contribution < -0.4 is 5.32 Å². The molecule has 0 amide bonds. The highest BCUT2D eigenvalue weighted by Crippen LogP contribution is 2.25. The molecule has 0 heterocycles. The van der Waals surface area contributed by atoms with Gasteiger partial charge in [0.25, 0.3) is 0 Å². The van der Waals surface area contributed by atoms with Crippen LogP contribution in [-0.2, 0) is 0 Å². The molecule has 0 saturated heterocycles. The highest BCUT2D eigenvalue weighted by Gasteiger charge is 2.14. The number of hydrogen-bond donors (Lipinski definition) is 1. The van der Waals surface area contributed by atoms with Crippen molar-refractivity contribution in [1.82, 2.24) is 0 Å². The van der Waals surface area contributed by atoms with Gasteiger partial charge in [-0.25, -0.2) is 8.78 Å². The van der Waals surface area contributed by atoms with E-state index < -0.39 is 11.6 Å². The van der Waals surface area contributed by atoms with E-state index in [1.807, 2.05) is 24.3 Å². The number of anilines is 1. The molecule has 0 aliphatic carbocycles. The molecule has 0 fully saturated rings. The SMILES string of the molecule is CC(Nc1ccccc1I)c1cccc(F)c1F. The van der Waals surface area contributed by atoms with Gasteiger partial charge in [-0.05, 0) is 47.7 Å². The van der Waals surface area contributed by atoms with Crippen molar-refractivity contribution in [1.29, 1.82) is 0 Å². The van der Waals surface area contributed by atoms with E-state index in [2.05, 4.69) is 27.9 Å². The van der Waals surface area contributed by atoms with Crippen LogP contribution >= 0.6 is 22.6 Å². The van der Waals surface area contributed by atoms with Gasteiger partial charge in [-0.1, -0.05) is 24.3 Å². The standard InChI is InChI=1S/C14H12F2IN/c1-9(10-5-4-6-11(15)14(10)16)18-13-8-3-2-7-12(13)17/h2-9,18H,1H3. The lowest BCUT2D eigenvalue weighted by molar-refractivity contribution is 0.494. The molecule has 2 aromatic carbocycles. The van der Waals surface area contributed by atoms with Gasteiger partial charge in [0.2, 0.25) is 0 Å². The molecule has 0 bridgehead atoms. The zero-order valence-corrected chi connectivity index (χ0v) is 11.9. The van der Waals surface area contributed by atoms with E-state index in [9.17, 15) is 8.78 Å². The topological polar surface area (TPSA) is 12.0 Å². The fraction of sp³-hybridized carbons (Fsp3) is 0.143. The van der Waals surface area contributed by atoms with E-state index in [0.717, 1.165) is 15.3 Å². The van der Waals surface area contributed by atoms with E-state index in [-0.39, 0.29) is 6.04 Å². The minimum Gasteiger partial charge on any atom is -0.378 e. The van der Waals surface area contributed by atoms with Gasteiger partial charge in [-0.3, -0.25) is 0 Å². The van der Waals surface area contributed by atoms with Crippen molar-refractivity contribution in [2.75, 3.05) is 5.32 Å². The molecule has 0 saturated carbocycles. The van der Waals surface area contributed by atoms with E-state index >= 15 is 0 Å². The first-order chi connectivity index (χ1) is 8.59. The molecule has 0 aromatic heterocycles. The molecule has 0 radical (unpaired) electrons. The molecule has 1 atom stereocenters. The largest absolute Gasteiger partial charge is 0.378 e. The first-order valence-corrected chi connectivity index (χ1v) is 6.62. The first kappa shape index (κ1) is 13.3. The Labute approximate surface area is 118 Å². The fourth-order valence-electron chi connectivity index (χ4n) is 1.74. The molecule has 0 spiro atoms. The van der Waals surface area contributed by atoms with Gasteiger partial charge in [-0.2, -0.15) is 0 Å². The van der Waals surface area contributed by atoms with Crippen molar-refractivity contribution >= 4 is 28.3 Å². The lowest BCUT2D eigenvalue weighted by Gasteiger charge is -2.17. The Morgan fingerprint density at radius 3 is 2.50 bits per heavy atom. The molecule has 4 heteroatoms. The van der Waals surface area contributed by atoms with E-state index in [0.29, 0.717) is 5.56 Å². The third kappa shape index (κ3) is 2.80. The van der Waals surface area contributed by atoms with Crippen LogP contribution in [0.15, 0.2) is 42.5 Å². The number of benzene rings is 2. The summed E-state index contributed by atoms with van der Waals surface area (Å²) in [7, 11) is 0.